The lowest BCUT2D eigenvalue weighted by atomic mass is 10.1. The molecule has 0 spiro atoms. The fourth-order valence-electron chi connectivity index (χ4n) is 4.22. The molecule has 0 fully saturated rings. The number of hydrogen-bond donors (Lipinski definition) is 1. The molecule has 0 aliphatic rings. The second kappa shape index (κ2) is 11.5. The Bertz CT molecular complexity index is 1280. The number of fused-ring (bicyclic) bond motifs is 1. The molecule has 4 aromatic rings. The normalized spacial score (nSPS) is 12.3. The third-order valence-electron chi connectivity index (χ3n) is 6.26. The number of carbonyl (C=O) groups is 1. The van der Waals surface area contributed by atoms with E-state index >= 15 is 0 Å². The predicted molar refractivity (Wildman–Crippen MR) is 143 cm³/mol. The number of carbonyl (C=O) groups excluding carboxylic acids is 1. The zero-order valence-corrected chi connectivity index (χ0v) is 21.3. The lowest BCUT2D eigenvalue weighted by molar-refractivity contribution is 0.0929. The largest absolute Gasteiger partial charge is 0.348 e. The first-order valence-electron chi connectivity index (χ1n) is 12.2. The van der Waals surface area contributed by atoms with Crippen LogP contribution in [0.3, 0.4) is 0 Å². The van der Waals surface area contributed by atoms with Gasteiger partial charge in [-0.1, -0.05) is 74.0 Å². The van der Waals surface area contributed by atoms with Crippen molar-refractivity contribution < 1.29 is 4.79 Å². The highest BCUT2D eigenvalue weighted by Crippen LogP contribution is 2.28. The third-order valence-corrected chi connectivity index (χ3v) is 6.59. The minimum atomic E-state index is -0.177. The summed E-state index contributed by atoms with van der Waals surface area (Å²) < 4.78 is 1.63. The number of nitrogens with zero attached hydrogens (tertiary/aromatic N) is 4. The quantitative estimate of drug-likeness (QED) is 0.298. The van der Waals surface area contributed by atoms with Crippen LogP contribution in [0, 0.1) is 0 Å². The zero-order valence-electron chi connectivity index (χ0n) is 20.5. The monoisotopic (exact) mass is 489 g/mol. The summed E-state index contributed by atoms with van der Waals surface area (Å²) in [7, 11) is 0. The number of aromatic nitrogens is 3. The van der Waals surface area contributed by atoms with Crippen molar-refractivity contribution >= 4 is 23.2 Å². The van der Waals surface area contributed by atoms with E-state index in [1.54, 1.807) is 10.6 Å². The van der Waals surface area contributed by atoms with Gasteiger partial charge in [-0.2, -0.15) is 5.10 Å². The van der Waals surface area contributed by atoms with Gasteiger partial charge in [-0.25, -0.2) is 9.50 Å². The summed E-state index contributed by atoms with van der Waals surface area (Å²) in [5, 5.41) is 8.48. The molecule has 0 bridgehead atoms. The third kappa shape index (κ3) is 5.89. The molecule has 2 aromatic carbocycles. The number of rotatable bonds is 10. The molecule has 1 N–H and O–H groups in total. The lowest BCUT2D eigenvalue weighted by Crippen LogP contribution is -2.35. The molecule has 0 aliphatic heterocycles. The first-order valence-corrected chi connectivity index (χ1v) is 12.6. The van der Waals surface area contributed by atoms with Crippen molar-refractivity contribution in [2.45, 2.75) is 39.7 Å². The molecule has 2 heterocycles. The van der Waals surface area contributed by atoms with Crippen LogP contribution in [0.15, 0.2) is 66.7 Å². The maximum Gasteiger partial charge on any atom is 0.270 e. The predicted octanol–water partition coefficient (Wildman–Crippen LogP) is 5.96. The lowest BCUT2D eigenvalue weighted by Gasteiger charge is -2.20. The van der Waals surface area contributed by atoms with Gasteiger partial charge in [0.2, 0.25) is 0 Å². The number of amides is 1. The molecule has 7 heteroatoms. The second-order valence-corrected chi connectivity index (χ2v) is 9.12. The van der Waals surface area contributed by atoms with Gasteiger partial charge in [0.05, 0.1) is 11.4 Å². The fraction of sp³-hybridized carbons (Fsp3) is 0.321. The average molecular weight is 490 g/mol. The second-order valence-electron chi connectivity index (χ2n) is 8.72. The first kappa shape index (κ1) is 24.9. The summed E-state index contributed by atoms with van der Waals surface area (Å²) in [5.41, 5.74) is 4.18. The highest BCUT2D eigenvalue weighted by Gasteiger charge is 2.19. The minimum Gasteiger partial charge on any atom is -0.348 e. The van der Waals surface area contributed by atoms with Gasteiger partial charge in [-0.05, 0) is 51.5 Å². The Labute approximate surface area is 211 Å². The average Bonchev–Trinajstić information content (AvgIpc) is 3.31. The Balaban J connectivity index is 1.66. The molecule has 0 radical (unpaired) electrons. The number of hydrogen-bond acceptors (Lipinski definition) is 4. The van der Waals surface area contributed by atoms with Gasteiger partial charge in [0.25, 0.3) is 5.91 Å². The molecule has 6 nitrogen and oxygen atoms in total. The van der Waals surface area contributed by atoms with Gasteiger partial charge < -0.3 is 10.2 Å². The van der Waals surface area contributed by atoms with E-state index in [0.29, 0.717) is 22.1 Å². The minimum absolute atomic E-state index is 0.0363. The molecule has 0 saturated heterocycles. The van der Waals surface area contributed by atoms with Crippen molar-refractivity contribution in [1.82, 2.24) is 24.8 Å². The Morgan fingerprint density at radius 3 is 2.46 bits per heavy atom. The van der Waals surface area contributed by atoms with Crippen LogP contribution in [0.2, 0.25) is 5.02 Å². The first-order chi connectivity index (χ1) is 17.0. The molecule has 0 aliphatic carbocycles. The highest BCUT2D eigenvalue weighted by atomic mass is 35.5. The van der Waals surface area contributed by atoms with E-state index in [1.807, 2.05) is 67.6 Å². The molecule has 4 rings (SSSR count). The molecular weight excluding hydrogens is 458 g/mol. The molecule has 182 valence electrons. The number of nitrogens with one attached hydrogen (secondary N) is 1. The van der Waals surface area contributed by atoms with Crippen LogP contribution in [0.1, 0.15) is 44.1 Å². The van der Waals surface area contributed by atoms with Crippen molar-refractivity contribution in [2.75, 3.05) is 19.6 Å². The fourth-order valence-corrected chi connectivity index (χ4v) is 4.46. The molecule has 35 heavy (non-hydrogen) atoms. The van der Waals surface area contributed by atoms with Crippen LogP contribution in [0.25, 0.3) is 28.2 Å². The van der Waals surface area contributed by atoms with Crippen LogP contribution >= 0.6 is 11.6 Å². The molecule has 0 saturated carbocycles. The van der Waals surface area contributed by atoms with E-state index in [9.17, 15) is 4.79 Å². The molecule has 2 aromatic heterocycles. The standard InChI is InChI=1S/C28H32ClN5O/c1-4-33(5-2)17-11-12-20(3)30-28(35)26-18-25(22-15-9-10-16-23(22)29)31-27-19-24(32-34(26)27)21-13-7-6-8-14-21/h6-10,13-16,18-20H,4-5,11-12,17H2,1-3H3,(H,30,35)/t20-/m1/s1. The van der Waals surface area contributed by atoms with Crippen molar-refractivity contribution in [3.05, 3.63) is 77.4 Å². The molecule has 1 atom stereocenters. The molecule has 0 unspecified atom stereocenters. The molecular formula is C28H32ClN5O. The SMILES string of the molecule is CCN(CC)CCC[C@@H](C)NC(=O)c1cc(-c2ccccc2Cl)nc2cc(-c3ccccc3)nn12. The summed E-state index contributed by atoms with van der Waals surface area (Å²) in [6, 6.07) is 21.1. The Morgan fingerprint density at radius 2 is 1.74 bits per heavy atom. The van der Waals surface area contributed by atoms with Gasteiger partial charge in [-0.15, -0.1) is 0 Å². The summed E-state index contributed by atoms with van der Waals surface area (Å²) in [6.45, 7) is 9.51. The van der Waals surface area contributed by atoms with Gasteiger partial charge in [0, 0.05) is 28.3 Å². The Kier molecular flexibility index (Phi) is 8.16. The van der Waals surface area contributed by atoms with E-state index < -0.39 is 0 Å². The number of benzene rings is 2. The van der Waals surface area contributed by atoms with Crippen LogP contribution in [0.5, 0.6) is 0 Å². The van der Waals surface area contributed by atoms with E-state index in [-0.39, 0.29) is 11.9 Å². The van der Waals surface area contributed by atoms with Crippen LogP contribution in [-0.4, -0.2) is 51.1 Å². The van der Waals surface area contributed by atoms with Gasteiger partial charge in [0.1, 0.15) is 5.69 Å². The van der Waals surface area contributed by atoms with Crippen LogP contribution in [-0.2, 0) is 0 Å². The van der Waals surface area contributed by atoms with E-state index in [0.717, 1.165) is 49.3 Å². The Morgan fingerprint density at radius 1 is 1.03 bits per heavy atom. The number of halogens is 1. The summed E-state index contributed by atoms with van der Waals surface area (Å²) in [5.74, 6) is -0.177. The Hall–Kier alpha value is -3.22. The molecule has 1 amide bonds. The van der Waals surface area contributed by atoms with Crippen molar-refractivity contribution in [3.63, 3.8) is 0 Å². The van der Waals surface area contributed by atoms with E-state index in [4.69, 9.17) is 21.7 Å². The maximum atomic E-state index is 13.4. The van der Waals surface area contributed by atoms with Crippen molar-refractivity contribution in [2.24, 2.45) is 0 Å². The van der Waals surface area contributed by atoms with E-state index in [2.05, 4.69) is 24.1 Å². The van der Waals surface area contributed by atoms with Gasteiger partial charge in [0.15, 0.2) is 5.65 Å². The van der Waals surface area contributed by atoms with Gasteiger partial charge >= 0.3 is 0 Å². The topological polar surface area (TPSA) is 62.5 Å². The summed E-state index contributed by atoms with van der Waals surface area (Å²) in [6.07, 6.45) is 1.93. The van der Waals surface area contributed by atoms with Crippen molar-refractivity contribution in [1.29, 1.82) is 0 Å². The smallest absolute Gasteiger partial charge is 0.270 e. The van der Waals surface area contributed by atoms with Crippen LogP contribution < -0.4 is 5.32 Å². The zero-order chi connectivity index (χ0) is 24.8. The van der Waals surface area contributed by atoms with Crippen molar-refractivity contribution in [3.8, 4) is 22.5 Å². The summed E-state index contributed by atoms with van der Waals surface area (Å²) in [4.78, 5) is 20.6. The summed E-state index contributed by atoms with van der Waals surface area (Å²) >= 11 is 6.47. The van der Waals surface area contributed by atoms with Crippen LogP contribution in [0.4, 0.5) is 0 Å². The maximum absolute atomic E-state index is 13.4. The highest BCUT2D eigenvalue weighted by molar-refractivity contribution is 6.33. The van der Waals surface area contributed by atoms with Gasteiger partial charge in [-0.3, -0.25) is 4.79 Å². The van der Waals surface area contributed by atoms with E-state index in [1.165, 1.54) is 0 Å².